The molecule has 0 N–H and O–H groups in total. The van der Waals surface area contributed by atoms with Crippen molar-refractivity contribution in [2.45, 2.75) is 146 Å². The van der Waals surface area contributed by atoms with Crippen LogP contribution in [0.3, 0.4) is 0 Å². The number of rotatable bonds is 13. The second kappa shape index (κ2) is 13.3. The van der Waals surface area contributed by atoms with Gasteiger partial charge in [0.15, 0.2) is 0 Å². The van der Waals surface area contributed by atoms with Crippen molar-refractivity contribution in [2.24, 2.45) is 0 Å². The van der Waals surface area contributed by atoms with Gasteiger partial charge in [0.25, 0.3) is 0 Å². The maximum absolute atomic E-state index is 13.5. The van der Waals surface area contributed by atoms with Gasteiger partial charge in [0, 0.05) is 15.2 Å². The second-order valence-corrected chi connectivity index (χ2v) is 15.7. The molecule has 0 aliphatic heterocycles. The highest BCUT2D eigenvalue weighted by molar-refractivity contribution is 7.85. The number of hydrogen-bond donors (Lipinski definition) is 0. The molecule has 0 saturated carbocycles. The minimum absolute atomic E-state index is 0.110. The first-order valence-electron chi connectivity index (χ1n) is 16.1. The zero-order valence-electron chi connectivity index (χ0n) is 28.9. The number of benzene rings is 3. The molecule has 0 saturated heterocycles. The Labute approximate surface area is 265 Å². The summed E-state index contributed by atoms with van der Waals surface area (Å²) in [5, 5.41) is 0. The molecule has 43 heavy (non-hydrogen) atoms. The van der Waals surface area contributed by atoms with Gasteiger partial charge >= 0.3 is 0 Å². The summed E-state index contributed by atoms with van der Waals surface area (Å²) < 4.78 is 26.8. The Bertz CT molecular complexity index is 1350. The van der Waals surface area contributed by atoms with Crippen LogP contribution in [0.5, 0.6) is 5.75 Å². The average Bonchev–Trinajstić information content (AvgIpc) is 2.99. The summed E-state index contributed by atoms with van der Waals surface area (Å²) in [7, 11) is -1.23. The van der Waals surface area contributed by atoms with E-state index in [1.54, 1.807) is 0 Å². The Morgan fingerprint density at radius 3 is 1.42 bits per heavy atom. The van der Waals surface area contributed by atoms with Gasteiger partial charge in [0.2, 0.25) is 0 Å². The van der Waals surface area contributed by atoms with Gasteiger partial charge in [-0.3, -0.25) is 0 Å². The molecule has 0 bridgehead atoms. The van der Waals surface area contributed by atoms with E-state index >= 15 is 0 Å². The number of hydrogen-bond acceptors (Lipinski definition) is 3. The lowest BCUT2D eigenvalue weighted by Gasteiger charge is -2.46. The fourth-order valence-electron chi connectivity index (χ4n) is 5.92. The van der Waals surface area contributed by atoms with E-state index in [1.165, 1.54) is 11.1 Å². The van der Waals surface area contributed by atoms with Crippen LogP contribution in [0.4, 0.5) is 0 Å². The van der Waals surface area contributed by atoms with Gasteiger partial charge < -0.3 is 9.47 Å². The second-order valence-electron chi connectivity index (χ2n) is 14.3. The molecule has 4 heteroatoms. The topological polar surface area (TPSA) is 35.5 Å². The van der Waals surface area contributed by atoms with Crippen molar-refractivity contribution in [1.82, 2.24) is 0 Å². The van der Waals surface area contributed by atoms with Crippen LogP contribution in [0.1, 0.15) is 125 Å². The molecule has 3 nitrogen and oxygen atoms in total. The SMILES string of the molecule is CCC(C)(C)c1ccc(S(=O)c2ccc(C(C)(CC)C(C)(CC)Oc3ccc(C(C)(CC)OC(C)(C)C)cc3)cc2)cc1. The summed E-state index contributed by atoms with van der Waals surface area (Å²) in [5.41, 5.74) is 2.41. The Hall–Kier alpha value is -2.43. The summed E-state index contributed by atoms with van der Waals surface area (Å²) in [5.74, 6) is 0.856. The standard InChI is InChI=1S/C39H56O3S/c1-13-36(8,9)29-19-25-33(26-20-29)43(40)34-27-21-30(22-28-34)37(10,14-2)39(12,16-4)41-32-23-17-31(18-24-32)38(11,15-3)42-35(5,6)7/h17-28H,13-16H2,1-12H3. The van der Waals surface area contributed by atoms with E-state index in [0.29, 0.717) is 0 Å². The van der Waals surface area contributed by atoms with Crippen molar-refractivity contribution in [3.05, 3.63) is 89.5 Å². The normalized spacial score (nSPS) is 17.4. The molecule has 3 rings (SSSR count). The molecule has 0 heterocycles. The lowest BCUT2D eigenvalue weighted by atomic mass is 9.66. The molecule has 0 amide bonds. The van der Waals surface area contributed by atoms with Gasteiger partial charge in [-0.25, -0.2) is 4.21 Å². The van der Waals surface area contributed by atoms with E-state index < -0.39 is 16.4 Å². The maximum atomic E-state index is 13.5. The molecular weight excluding hydrogens is 548 g/mol. The van der Waals surface area contributed by atoms with Crippen LogP contribution in [0.25, 0.3) is 0 Å². The van der Waals surface area contributed by atoms with Crippen molar-refractivity contribution in [3.8, 4) is 5.75 Å². The molecule has 3 aromatic rings. The highest BCUT2D eigenvalue weighted by Gasteiger charge is 2.45. The average molecular weight is 605 g/mol. The Morgan fingerprint density at radius 2 is 1.02 bits per heavy atom. The highest BCUT2D eigenvalue weighted by atomic mass is 32.2. The van der Waals surface area contributed by atoms with Crippen LogP contribution < -0.4 is 4.74 Å². The van der Waals surface area contributed by atoms with Crippen LogP contribution in [0, 0.1) is 0 Å². The first kappa shape index (κ1) is 35.1. The number of ether oxygens (including phenoxy) is 2. The van der Waals surface area contributed by atoms with Crippen LogP contribution in [0.2, 0.25) is 0 Å². The van der Waals surface area contributed by atoms with Crippen molar-refractivity contribution < 1.29 is 13.7 Å². The van der Waals surface area contributed by atoms with Gasteiger partial charge in [-0.1, -0.05) is 84.9 Å². The monoisotopic (exact) mass is 604 g/mol. The van der Waals surface area contributed by atoms with E-state index in [0.717, 1.165) is 46.8 Å². The molecule has 0 aliphatic rings. The third kappa shape index (κ3) is 7.63. The van der Waals surface area contributed by atoms with Gasteiger partial charge in [0.05, 0.1) is 22.0 Å². The van der Waals surface area contributed by atoms with E-state index in [-0.39, 0.29) is 22.0 Å². The third-order valence-corrected chi connectivity index (χ3v) is 11.4. The molecule has 236 valence electrons. The maximum Gasteiger partial charge on any atom is 0.120 e. The Kier molecular flexibility index (Phi) is 10.8. The van der Waals surface area contributed by atoms with E-state index in [9.17, 15) is 4.21 Å². The van der Waals surface area contributed by atoms with Crippen LogP contribution in [-0.2, 0) is 32.0 Å². The molecule has 0 aromatic heterocycles. The van der Waals surface area contributed by atoms with E-state index in [2.05, 4.69) is 132 Å². The summed E-state index contributed by atoms with van der Waals surface area (Å²) in [6.45, 7) is 26.3. The third-order valence-electron chi connectivity index (χ3n) is 10.0. The van der Waals surface area contributed by atoms with Gasteiger partial charge in [-0.15, -0.1) is 0 Å². The summed E-state index contributed by atoms with van der Waals surface area (Å²) in [6, 6.07) is 25.0. The molecular formula is C39H56O3S. The molecule has 0 spiro atoms. The fourth-order valence-corrected chi connectivity index (χ4v) is 6.96. The van der Waals surface area contributed by atoms with Crippen molar-refractivity contribution >= 4 is 10.8 Å². The molecule has 0 aliphatic carbocycles. The van der Waals surface area contributed by atoms with Gasteiger partial charge in [-0.2, -0.15) is 0 Å². The molecule has 0 radical (unpaired) electrons. The minimum atomic E-state index is -1.23. The van der Waals surface area contributed by atoms with Crippen molar-refractivity contribution in [1.29, 1.82) is 0 Å². The molecule has 0 fully saturated rings. The molecule has 4 atom stereocenters. The molecule has 3 aromatic carbocycles. The highest BCUT2D eigenvalue weighted by Crippen LogP contribution is 2.44. The predicted octanol–water partition coefficient (Wildman–Crippen LogP) is 10.9. The van der Waals surface area contributed by atoms with Crippen molar-refractivity contribution in [3.63, 3.8) is 0 Å². The lowest BCUT2D eigenvalue weighted by Crippen LogP contribution is -2.51. The Morgan fingerprint density at radius 1 is 0.558 bits per heavy atom. The van der Waals surface area contributed by atoms with Crippen LogP contribution in [-0.4, -0.2) is 15.4 Å². The van der Waals surface area contributed by atoms with Gasteiger partial charge in [-0.05, 0) is 119 Å². The zero-order valence-corrected chi connectivity index (χ0v) is 29.7. The zero-order chi connectivity index (χ0) is 32.3. The predicted molar refractivity (Wildman–Crippen MR) is 183 cm³/mol. The quantitative estimate of drug-likeness (QED) is 0.195. The van der Waals surface area contributed by atoms with E-state index in [1.807, 2.05) is 24.3 Å². The largest absolute Gasteiger partial charge is 0.487 e. The van der Waals surface area contributed by atoms with Crippen molar-refractivity contribution in [2.75, 3.05) is 0 Å². The van der Waals surface area contributed by atoms with E-state index in [4.69, 9.17) is 9.47 Å². The summed E-state index contributed by atoms with van der Waals surface area (Å²) in [4.78, 5) is 1.65. The Balaban J connectivity index is 1.85. The summed E-state index contributed by atoms with van der Waals surface area (Å²) in [6.07, 6.45) is 3.69. The smallest absolute Gasteiger partial charge is 0.120 e. The first-order valence-corrected chi connectivity index (χ1v) is 17.2. The van der Waals surface area contributed by atoms with Crippen LogP contribution >= 0.6 is 0 Å². The fraction of sp³-hybridized carbons (Fsp3) is 0.538. The summed E-state index contributed by atoms with van der Waals surface area (Å²) >= 11 is 0. The molecule has 4 unspecified atom stereocenters. The van der Waals surface area contributed by atoms with Crippen LogP contribution in [0.15, 0.2) is 82.6 Å². The first-order chi connectivity index (χ1) is 20.0. The lowest BCUT2D eigenvalue weighted by molar-refractivity contribution is -0.129. The minimum Gasteiger partial charge on any atom is -0.487 e. The van der Waals surface area contributed by atoms with Gasteiger partial charge in [0.1, 0.15) is 11.4 Å².